The summed E-state index contributed by atoms with van der Waals surface area (Å²) in [6.45, 7) is 6.06. The van der Waals surface area contributed by atoms with Crippen molar-refractivity contribution in [2.45, 2.75) is 39.5 Å². The predicted molar refractivity (Wildman–Crippen MR) is 96.0 cm³/mol. The highest BCUT2D eigenvalue weighted by atomic mass is 16.7. The van der Waals surface area contributed by atoms with E-state index in [2.05, 4.69) is 0 Å². The second-order valence-corrected chi connectivity index (χ2v) is 6.62. The summed E-state index contributed by atoms with van der Waals surface area (Å²) in [6, 6.07) is 17.2. The number of methoxy groups -OCH3 is 1. The van der Waals surface area contributed by atoms with Crippen molar-refractivity contribution in [2.75, 3.05) is 7.11 Å². The van der Waals surface area contributed by atoms with Gasteiger partial charge in [-0.15, -0.1) is 0 Å². The average Bonchev–Trinajstić information content (AvgIpc) is 2.58. The van der Waals surface area contributed by atoms with E-state index in [4.69, 9.17) is 14.3 Å². The summed E-state index contributed by atoms with van der Waals surface area (Å²) < 4.78 is 10.6. The minimum Gasteiger partial charge on any atom is -0.497 e. The molecule has 2 aromatic carbocycles. The van der Waals surface area contributed by atoms with Gasteiger partial charge in [-0.25, -0.2) is 4.79 Å². The first-order valence-corrected chi connectivity index (χ1v) is 8.17. The van der Waals surface area contributed by atoms with Crippen molar-refractivity contribution >= 4 is 6.09 Å². The fraction of sp³-hybridized carbons (Fsp3) is 0.350. The maximum Gasteiger partial charge on any atom is 0.434 e. The van der Waals surface area contributed by atoms with Crippen LogP contribution in [-0.2, 0) is 22.7 Å². The third-order valence-electron chi connectivity index (χ3n) is 3.31. The minimum atomic E-state index is -0.588. The summed E-state index contributed by atoms with van der Waals surface area (Å²) in [7, 11) is 1.62. The molecular weight excluding hydrogens is 318 g/mol. The van der Waals surface area contributed by atoms with Crippen LogP contribution in [-0.4, -0.2) is 23.9 Å². The van der Waals surface area contributed by atoms with Gasteiger partial charge in [-0.2, -0.15) is 5.06 Å². The summed E-state index contributed by atoms with van der Waals surface area (Å²) >= 11 is 0. The molecule has 134 valence electrons. The topological polar surface area (TPSA) is 48.0 Å². The van der Waals surface area contributed by atoms with E-state index in [1.807, 2.05) is 75.4 Å². The van der Waals surface area contributed by atoms with E-state index >= 15 is 0 Å². The Bertz CT molecular complexity index is 662. The third-order valence-corrected chi connectivity index (χ3v) is 3.31. The zero-order chi connectivity index (χ0) is 18.3. The standard InChI is InChI=1S/C20H25NO4/c1-20(2,3)25-19(22)21(14-16-8-6-5-7-9-16)24-15-17-10-12-18(23-4)13-11-17/h5-13H,14-15H2,1-4H3. The molecule has 25 heavy (non-hydrogen) atoms. The van der Waals surface area contributed by atoms with Crippen molar-refractivity contribution in [1.29, 1.82) is 0 Å². The Morgan fingerprint density at radius 3 is 2.16 bits per heavy atom. The van der Waals surface area contributed by atoms with Crippen LogP contribution in [0.5, 0.6) is 5.75 Å². The van der Waals surface area contributed by atoms with E-state index in [0.29, 0.717) is 6.54 Å². The fourth-order valence-corrected chi connectivity index (χ4v) is 2.10. The molecule has 0 fully saturated rings. The fourth-order valence-electron chi connectivity index (χ4n) is 2.10. The lowest BCUT2D eigenvalue weighted by Crippen LogP contribution is -2.36. The lowest BCUT2D eigenvalue weighted by molar-refractivity contribution is -0.162. The molecule has 0 atom stereocenters. The molecule has 2 aromatic rings. The number of amides is 1. The van der Waals surface area contributed by atoms with Gasteiger partial charge >= 0.3 is 6.09 Å². The van der Waals surface area contributed by atoms with Crippen LogP contribution < -0.4 is 4.74 Å². The first-order valence-electron chi connectivity index (χ1n) is 8.17. The van der Waals surface area contributed by atoms with Gasteiger partial charge in [0.25, 0.3) is 0 Å². The molecule has 1 amide bonds. The number of ether oxygens (including phenoxy) is 2. The molecular formula is C20H25NO4. The quantitative estimate of drug-likeness (QED) is 0.721. The molecule has 0 saturated heterocycles. The van der Waals surface area contributed by atoms with E-state index in [0.717, 1.165) is 16.9 Å². The highest BCUT2D eigenvalue weighted by Gasteiger charge is 2.23. The lowest BCUT2D eigenvalue weighted by Gasteiger charge is -2.26. The van der Waals surface area contributed by atoms with Crippen LogP contribution in [0.25, 0.3) is 0 Å². The molecule has 0 aliphatic rings. The van der Waals surface area contributed by atoms with Crippen molar-refractivity contribution in [3.63, 3.8) is 0 Å². The largest absolute Gasteiger partial charge is 0.497 e. The second-order valence-electron chi connectivity index (χ2n) is 6.62. The Balaban J connectivity index is 2.05. The van der Waals surface area contributed by atoms with Crippen LogP contribution in [0.1, 0.15) is 31.9 Å². The van der Waals surface area contributed by atoms with Gasteiger partial charge in [0.1, 0.15) is 18.0 Å². The first kappa shape index (κ1) is 18.8. The summed E-state index contributed by atoms with van der Waals surface area (Å²) in [5.74, 6) is 0.775. The van der Waals surface area contributed by atoms with Gasteiger partial charge in [0.2, 0.25) is 0 Å². The minimum absolute atomic E-state index is 0.260. The highest BCUT2D eigenvalue weighted by Crippen LogP contribution is 2.16. The molecule has 0 saturated carbocycles. The lowest BCUT2D eigenvalue weighted by atomic mass is 10.2. The highest BCUT2D eigenvalue weighted by molar-refractivity contribution is 5.66. The van der Waals surface area contributed by atoms with Gasteiger partial charge in [0.15, 0.2) is 0 Å². The predicted octanol–water partition coefficient (Wildman–Crippen LogP) is 4.56. The number of hydrogen-bond acceptors (Lipinski definition) is 4. The molecule has 2 rings (SSSR count). The molecule has 5 nitrogen and oxygen atoms in total. The molecule has 0 aliphatic carbocycles. The third kappa shape index (κ3) is 6.47. The molecule has 0 unspecified atom stereocenters. The maximum absolute atomic E-state index is 12.4. The van der Waals surface area contributed by atoms with Gasteiger partial charge in [0, 0.05) is 0 Å². The number of nitrogens with zero attached hydrogens (tertiary/aromatic N) is 1. The van der Waals surface area contributed by atoms with E-state index in [9.17, 15) is 4.79 Å². The van der Waals surface area contributed by atoms with Gasteiger partial charge in [-0.05, 0) is 44.0 Å². The van der Waals surface area contributed by atoms with Gasteiger partial charge < -0.3 is 9.47 Å². The Morgan fingerprint density at radius 2 is 1.60 bits per heavy atom. The van der Waals surface area contributed by atoms with Crippen LogP contribution >= 0.6 is 0 Å². The average molecular weight is 343 g/mol. The van der Waals surface area contributed by atoms with E-state index < -0.39 is 11.7 Å². The Labute approximate surface area is 149 Å². The molecule has 0 heterocycles. The Hall–Kier alpha value is -2.53. The van der Waals surface area contributed by atoms with Crippen molar-refractivity contribution in [3.05, 3.63) is 65.7 Å². The number of benzene rings is 2. The van der Waals surface area contributed by atoms with Crippen molar-refractivity contribution in [3.8, 4) is 5.75 Å². The molecule has 0 spiro atoms. The van der Waals surface area contributed by atoms with E-state index in [1.54, 1.807) is 7.11 Å². The number of hydroxylamine groups is 2. The number of carbonyl (C=O) groups is 1. The molecule has 0 aliphatic heterocycles. The Kier molecular flexibility index (Phi) is 6.42. The Morgan fingerprint density at radius 1 is 0.960 bits per heavy atom. The summed E-state index contributed by atoms with van der Waals surface area (Å²) in [5, 5.41) is 1.25. The summed E-state index contributed by atoms with van der Waals surface area (Å²) in [4.78, 5) is 18.2. The molecule has 0 bridgehead atoms. The van der Waals surface area contributed by atoms with Crippen molar-refractivity contribution < 1.29 is 19.1 Å². The molecule has 0 N–H and O–H groups in total. The second kappa shape index (κ2) is 8.53. The zero-order valence-corrected chi connectivity index (χ0v) is 15.2. The van der Waals surface area contributed by atoms with Crippen LogP contribution in [0.15, 0.2) is 54.6 Å². The van der Waals surface area contributed by atoms with Crippen molar-refractivity contribution in [1.82, 2.24) is 5.06 Å². The maximum atomic E-state index is 12.4. The van der Waals surface area contributed by atoms with Gasteiger partial charge in [0.05, 0.1) is 13.7 Å². The van der Waals surface area contributed by atoms with Gasteiger partial charge in [-0.3, -0.25) is 4.84 Å². The van der Waals surface area contributed by atoms with Crippen LogP contribution in [0, 0.1) is 0 Å². The summed E-state index contributed by atoms with van der Waals surface area (Å²) in [6.07, 6.45) is -0.509. The van der Waals surface area contributed by atoms with Crippen LogP contribution in [0.2, 0.25) is 0 Å². The number of rotatable bonds is 6. The summed E-state index contributed by atoms with van der Waals surface area (Å²) in [5.41, 5.74) is 1.31. The monoisotopic (exact) mass is 343 g/mol. The SMILES string of the molecule is COc1ccc(CON(Cc2ccccc2)C(=O)OC(C)(C)C)cc1. The number of hydrogen-bond donors (Lipinski definition) is 0. The van der Waals surface area contributed by atoms with Gasteiger partial charge in [-0.1, -0.05) is 42.5 Å². The molecule has 0 aromatic heterocycles. The molecule has 0 radical (unpaired) electrons. The van der Waals surface area contributed by atoms with E-state index in [-0.39, 0.29) is 6.61 Å². The zero-order valence-electron chi connectivity index (χ0n) is 15.2. The normalized spacial score (nSPS) is 11.0. The van der Waals surface area contributed by atoms with Crippen LogP contribution in [0.3, 0.4) is 0 Å². The van der Waals surface area contributed by atoms with E-state index in [1.165, 1.54) is 5.06 Å². The molecule has 5 heteroatoms. The van der Waals surface area contributed by atoms with Crippen molar-refractivity contribution in [2.24, 2.45) is 0 Å². The smallest absolute Gasteiger partial charge is 0.434 e. The van der Waals surface area contributed by atoms with Crippen LogP contribution in [0.4, 0.5) is 4.79 Å². The number of carbonyl (C=O) groups excluding carboxylic acids is 1. The first-order chi connectivity index (χ1) is 11.9.